The van der Waals surface area contributed by atoms with Crippen LogP contribution in [0.3, 0.4) is 0 Å². The van der Waals surface area contributed by atoms with Crippen molar-refractivity contribution in [3.8, 4) is 0 Å². The smallest absolute Gasteiger partial charge is 0.245 e. The number of amides is 2. The average molecular weight is 525 g/mol. The monoisotopic (exact) mass is 524 g/mol. The van der Waals surface area contributed by atoms with E-state index in [1.807, 2.05) is 24.3 Å². The Balaban J connectivity index is 1.27. The number of benzene rings is 2. The van der Waals surface area contributed by atoms with E-state index >= 15 is 0 Å². The minimum absolute atomic E-state index is 0.116. The van der Waals surface area contributed by atoms with Gasteiger partial charge in [-0.2, -0.15) is 0 Å². The lowest BCUT2D eigenvalue weighted by atomic mass is 9.93. The van der Waals surface area contributed by atoms with Gasteiger partial charge in [0.15, 0.2) is 0 Å². The van der Waals surface area contributed by atoms with E-state index in [2.05, 4.69) is 22.8 Å². The van der Waals surface area contributed by atoms with Crippen molar-refractivity contribution in [3.05, 3.63) is 75.5 Å². The van der Waals surface area contributed by atoms with E-state index in [9.17, 15) is 14.8 Å². The van der Waals surface area contributed by atoms with Gasteiger partial charge in [0, 0.05) is 18.0 Å². The molecular formula is C29H37ClN4O3. The van der Waals surface area contributed by atoms with Gasteiger partial charge in [-0.1, -0.05) is 54.4 Å². The number of fused-ring (bicyclic) bond motifs is 1. The van der Waals surface area contributed by atoms with E-state index in [-0.39, 0.29) is 22.5 Å². The molecule has 1 saturated heterocycles. The molecule has 0 spiro atoms. The third-order valence-corrected chi connectivity index (χ3v) is 8.67. The van der Waals surface area contributed by atoms with Crippen LogP contribution in [0.15, 0.2) is 48.5 Å². The lowest BCUT2D eigenvalue weighted by Crippen LogP contribution is -2.64. The second kappa shape index (κ2) is 11.5. The predicted octanol–water partition coefficient (Wildman–Crippen LogP) is 3.57. The van der Waals surface area contributed by atoms with Crippen LogP contribution in [0.1, 0.15) is 48.8 Å². The number of nitrogens with one attached hydrogen (secondary N) is 2. The van der Waals surface area contributed by atoms with E-state index in [0.717, 1.165) is 36.8 Å². The minimum atomic E-state index is -0.700. The number of hydrogen-bond donors (Lipinski definition) is 2. The summed E-state index contributed by atoms with van der Waals surface area (Å²) in [4.78, 5) is 28.8. The Morgan fingerprint density at radius 2 is 1.70 bits per heavy atom. The largest absolute Gasteiger partial charge is 0.632 e. The van der Waals surface area contributed by atoms with Gasteiger partial charge in [-0.05, 0) is 60.9 Å². The summed E-state index contributed by atoms with van der Waals surface area (Å²) in [6.45, 7) is 2.35. The molecule has 3 aliphatic rings. The van der Waals surface area contributed by atoms with Crippen LogP contribution in [-0.2, 0) is 29.0 Å². The molecule has 5 rings (SSSR count). The molecule has 0 radical (unpaired) electrons. The van der Waals surface area contributed by atoms with Crippen LogP contribution in [0.25, 0.3) is 0 Å². The molecule has 2 amide bonds. The van der Waals surface area contributed by atoms with Gasteiger partial charge in [0.05, 0.1) is 38.3 Å². The lowest BCUT2D eigenvalue weighted by molar-refractivity contribution is -0.910. The zero-order valence-corrected chi connectivity index (χ0v) is 22.1. The van der Waals surface area contributed by atoms with Gasteiger partial charge in [0.1, 0.15) is 6.04 Å². The molecule has 2 heterocycles. The SMILES string of the molecule is O=C(N[C@H](Cc1ccc(Cl)cc1)C(=O)N1CC[N+]([O-])(C2CCCCC2)CC1)[C@H]1Cc2ccccc2CN1. The van der Waals surface area contributed by atoms with E-state index in [4.69, 9.17) is 11.6 Å². The summed E-state index contributed by atoms with van der Waals surface area (Å²) < 4.78 is -0.177. The van der Waals surface area contributed by atoms with Crippen molar-refractivity contribution in [2.45, 2.75) is 69.6 Å². The first kappa shape index (κ1) is 26.2. The summed E-state index contributed by atoms with van der Waals surface area (Å²) in [5.41, 5.74) is 3.29. The summed E-state index contributed by atoms with van der Waals surface area (Å²) in [6.07, 6.45) is 6.42. The van der Waals surface area contributed by atoms with Gasteiger partial charge in [0.25, 0.3) is 0 Å². The summed E-state index contributed by atoms with van der Waals surface area (Å²) >= 11 is 6.07. The third-order valence-electron chi connectivity index (χ3n) is 8.41. The van der Waals surface area contributed by atoms with Crippen molar-refractivity contribution in [1.29, 1.82) is 0 Å². The molecule has 2 fully saturated rings. The van der Waals surface area contributed by atoms with Crippen LogP contribution >= 0.6 is 11.6 Å². The molecule has 2 atom stereocenters. The molecule has 2 aromatic rings. The molecule has 8 heteroatoms. The summed E-state index contributed by atoms with van der Waals surface area (Å²) in [5.74, 6) is -0.288. The first-order valence-electron chi connectivity index (χ1n) is 13.6. The Kier molecular flexibility index (Phi) is 8.15. The molecular weight excluding hydrogens is 488 g/mol. The molecule has 1 aliphatic carbocycles. The van der Waals surface area contributed by atoms with Crippen LogP contribution in [0.5, 0.6) is 0 Å². The molecule has 0 bridgehead atoms. The van der Waals surface area contributed by atoms with Crippen LogP contribution in [0.4, 0.5) is 0 Å². The van der Waals surface area contributed by atoms with Crippen molar-refractivity contribution in [3.63, 3.8) is 0 Å². The Morgan fingerprint density at radius 1 is 1.03 bits per heavy atom. The average Bonchev–Trinajstić information content (AvgIpc) is 2.94. The zero-order chi connectivity index (χ0) is 25.8. The van der Waals surface area contributed by atoms with Gasteiger partial charge >= 0.3 is 0 Å². The number of hydrogen-bond acceptors (Lipinski definition) is 4. The number of hydroxylamine groups is 3. The Morgan fingerprint density at radius 3 is 2.41 bits per heavy atom. The Hall–Kier alpha value is -2.45. The Bertz CT molecular complexity index is 1090. The fraction of sp³-hybridized carbons (Fsp3) is 0.517. The highest BCUT2D eigenvalue weighted by atomic mass is 35.5. The van der Waals surface area contributed by atoms with Crippen molar-refractivity contribution < 1.29 is 14.2 Å². The van der Waals surface area contributed by atoms with E-state index in [1.165, 1.54) is 12.0 Å². The summed E-state index contributed by atoms with van der Waals surface area (Å²) in [7, 11) is 0. The molecule has 198 valence electrons. The highest BCUT2D eigenvalue weighted by Crippen LogP contribution is 2.29. The fourth-order valence-corrected chi connectivity index (χ4v) is 6.26. The topological polar surface area (TPSA) is 84.5 Å². The molecule has 2 N–H and O–H groups in total. The molecule has 2 aromatic carbocycles. The minimum Gasteiger partial charge on any atom is -0.632 e. The summed E-state index contributed by atoms with van der Waals surface area (Å²) in [6, 6.07) is 14.6. The maximum atomic E-state index is 13.7. The molecule has 37 heavy (non-hydrogen) atoms. The molecule has 0 unspecified atom stereocenters. The zero-order valence-electron chi connectivity index (χ0n) is 21.3. The highest BCUT2D eigenvalue weighted by molar-refractivity contribution is 6.30. The molecule has 0 aromatic heterocycles. The fourth-order valence-electron chi connectivity index (χ4n) is 6.13. The summed E-state index contributed by atoms with van der Waals surface area (Å²) in [5, 5.41) is 20.5. The Labute approximate surface area is 224 Å². The predicted molar refractivity (Wildman–Crippen MR) is 145 cm³/mol. The van der Waals surface area contributed by atoms with Gasteiger partial charge in [0.2, 0.25) is 11.8 Å². The van der Waals surface area contributed by atoms with Crippen molar-refractivity contribution in [2.75, 3.05) is 26.2 Å². The van der Waals surface area contributed by atoms with Gasteiger partial charge in [-0.3, -0.25) is 9.59 Å². The van der Waals surface area contributed by atoms with Crippen molar-refractivity contribution in [1.82, 2.24) is 15.5 Å². The number of carbonyl (C=O) groups excluding carboxylic acids is 2. The quantitative estimate of drug-likeness (QED) is 0.447. The molecule has 1 saturated carbocycles. The van der Waals surface area contributed by atoms with E-state index < -0.39 is 12.1 Å². The number of rotatable bonds is 6. The third kappa shape index (κ3) is 6.17. The van der Waals surface area contributed by atoms with Gasteiger partial charge in [-0.25, -0.2) is 0 Å². The first-order valence-corrected chi connectivity index (χ1v) is 14.0. The maximum Gasteiger partial charge on any atom is 0.245 e. The number of quaternary nitrogens is 1. The van der Waals surface area contributed by atoms with Crippen LogP contribution in [0, 0.1) is 5.21 Å². The first-order chi connectivity index (χ1) is 17.9. The number of piperazine rings is 1. The maximum absolute atomic E-state index is 13.7. The number of carbonyl (C=O) groups is 2. The standard InChI is InChI=1S/C29H37ClN4O3/c30-24-12-10-21(11-13-24)18-27(32-28(35)26-19-22-6-4-5-7-23(22)20-31-26)29(36)33-14-16-34(37,17-15-33)25-8-2-1-3-9-25/h4-7,10-13,25-27,31H,1-3,8-9,14-20H2,(H,32,35)/t26-,27-/m1/s1. The highest BCUT2D eigenvalue weighted by Gasteiger charge is 2.37. The number of nitrogens with zero attached hydrogens (tertiary/aromatic N) is 2. The van der Waals surface area contributed by atoms with Gasteiger partial charge in [-0.15, -0.1) is 0 Å². The van der Waals surface area contributed by atoms with Crippen LogP contribution < -0.4 is 10.6 Å². The molecule has 7 nitrogen and oxygen atoms in total. The molecule has 2 aliphatic heterocycles. The van der Waals surface area contributed by atoms with Crippen molar-refractivity contribution >= 4 is 23.4 Å². The second-order valence-corrected chi connectivity index (χ2v) is 11.3. The lowest BCUT2D eigenvalue weighted by Gasteiger charge is -2.54. The van der Waals surface area contributed by atoms with Gasteiger partial charge < -0.3 is 25.4 Å². The van der Waals surface area contributed by atoms with Crippen LogP contribution in [0.2, 0.25) is 5.02 Å². The van der Waals surface area contributed by atoms with E-state index in [1.54, 1.807) is 17.0 Å². The number of halogens is 1. The normalized spacial score (nSPS) is 22.6. The van der Waals surface area contributed by atoms with Crippen LogP contribution in [-0.4, -0.2) is 65.7 Å². The second-order valence-electron chi connectivity index (χ2n) is 10.8. The van der Waals surface area contributed by atoms with E-state index in [0.29, 0.717) is 50.6 Å². The van der Waals surface area contributed by atoms with Crippen molar-refractivity contribution in [2.24, 2.45) is 0 Å².